The molecule has 19 heavy (non-hydrogen) atoms. The average molecular weight is 288 g/mol. The standard InChI is InChI=1S/C11H17FN4O2S/c1-16(2)9-7(12)6-13-11(15-9)14-8(10(17)18)4-5-19-3/h6,8H,4-5H2,1-3H3,(H,17,18)(H,13,14,15)/t8-/m0/s1. The van der Waals surface area contributed by atoms with E-state index >= 15 is 0 Å². The third kappa shape index (κ3) is 4.55. The van der Waals surface area contributed by atoms with Crippen molar-refractivity contribution in [3.05, 3.63) is 12.0 Å². The minimum absolute atomic E-state index is 0.110. The highest BCUT2D eigenvalue weighted by Crippen LogP contribution is 2.15. The molecule has 0 saturated heterocycles. The Morgan fingerprint density at radius 3 is 2.84 bits per heavy atom. The van der Waals surface area contributed by atoms with Crippen LogP contribution in [-0.4, -0.2) is 53.2 Å². The highest BCUT2D eigenvalue weighted by Gasteiger charge is 2.19. The number of nitrogens with zero attached hydrogens (tertiary/aromatic N) is 3. The summed E-state index contributed by atoms with van der Waals surface area (Å²) in [6.07, 6.45) is 3.37. The Morgan fingerprint density at radius 2 is 2.32 bits per heavy atom. The molecule has 0 aromatic carbocycles. The first-order valence-electron chi connectivity index (χ1n) is 5.63. The Kier molecular flexibility index (Phi) is 5.81. The van der Waals surface area contributed by atoms with Crippen LogP contribution in [-0.2, 0) is 4.79 Å². The van der Waals surface area contributed by atoms with E-state index in [1.807, 2.05) is 6.26 Å². The zero-order valence-corrected chi connectivity index (χ0v) is 11.9. The molecule has 0 unspecified atom stereocenters. The van der Waals surface area contributed by atoms with Crippen LogP contribution in [0.1, 0.15) is 6.42 Å². The van der Waals surface area contributed by atoms with Crippen molar-refractivity contribution in [1.82, 2.24) is 9.97 Å². The van der Waals surface area contributed by atoms with E-state index in [9.17, 15) is 9.18 Å². The monoisotopic (exact) mass is 288 g/mol. The predicted octanol–water partition coefficient (Wildman–Crippen LogP) is 1.30. The van der Waals surface area contributed by atoms with Gasteiger partial charge in [-0.25, -0.2) is 14.2 Å². The first-order valence-corrected chi connectivity index (χ1v) is 7.03. The van der Waals surface area contributed by atoms with Crippen molar-refractivity contribution < 1.29 is 14.3 Å². The van der Waals surface area contributed by atoms with Gasteiger partial charge in [-0.3, -0.25) is 0 Å². The number of anilines is 2. The SMILES string of the molecule is CSCC[C@H](Nc1ncc(F)c(N(C)C)n1)C(=O)O. The smallest absolute Gasteiger partial charge is 0.326 e. The molecule has 0 spiro atoms. The van der Waals surface area contributed by atoms with Crippen molar-refractivity contribution in [3.63, 3.8) is 0 Å². The molecular formula is C11H17FN4O2S. The molecule has 1 rings (SSSR count). The molecule has 1 aromatic rings. The van der Waals surface area contributed by atoms with E-state index in [2.05, 4.69) is 15.3 Å². The predicted molar refractivity (Wildman–Crippen MR) is 74.4 cm³/mol. The van der Waals surface area contributed by atoms with Gasteiger partial charge >= 0.3 is 5.97 Å². The maximum absolute atomic E-state index is 13.4. The van der Waals surface area contributed by atoms with Crippen LogP contribution in [0.15, 0.2) is 6.20 Å². The van der Waals surface area contributed by atoms with E-state index in [1.165, 1.54) is 4.90 Å². The Hall–Kier alpha value is -1.57. The van der Waals surface area contributed by atoms with Crippen molar-refractivity contribution in [2.75, 3.05) is 36.3 Å². The number of carboxylic acid groups (broad SMARTS) is 1. The molecule has 1 aromatic heterocycles. The first-order chi connectivity index (χ1) is 8.95. The number of hydrogen-bond donors (Lipinski definition) is 2. The van der Waals surface area contributed by atoms with Gasteiger partial charge < -0.3 is 15.3 Å². The van der Waals surface area contributed by atoms with E-state index in [1.54, 1.807) is 25.9 Å². The molecule has 1 atom stereocenters. The minimum Gasteiger partial charge on any atom is -0.480 e. The second kappa shape index (κ2) is 7.13. The van der Waals surface area contributed by atoms with Gasteiger partial charge in [0.25, 0.3) is 0 Å². The summed E-state index contributed by atoms with van der Waals surface area (Å²) in [6.45, 7) is 0. The number of halogens is 1. The number of aliphatic carboxylic acids is 1. The summed E-state index contributed by atoms with van der Waals surface area (Å²) in [5.41, 5.74) is 0. The third-order valence-electron chi connectivity index (χ3n) is 2.36. The zero-order chi connectivity index (χ0) is 14.4. The number of hydrogen-bond acceptors (Lipinski definition) is 6. The fraction of sp³-hybridized carbons (Fsp3) is 0.545. The van der Waals surface area contributed by atoms with Gasteiger partial charge in [0.05, 0.1) is 6.20 Å². The summed E-state index contributed by atoms with van der Waals surface area (Å²) in [4.78, 5) is 20.3. The van der Waals surface area contributed by atoms with Crippen LogP contribution in [0.3, 0.4) is 0 Å². The highest BCUT2D eigenvalue weighted by atomic mass is 32.2. The van der Waals surface area contributed by atoms with Crippen LogP contribution < -0.4 is 10.2 Å². The van der Waals surface area contributed by atoms with Gasteiger partial charge in [-0.15, -0.1) is 0 Å². The van der Waals surface area contributed by atoms with Gasteiger partial charge in [-0.05, 0) is 18.4 Å². The molecule has 0 aliphatic carbocycles. The van der Waals surface area contributed by atoms with E-state index in [-0.39, 0.29) is 11.8 Å². The Balaban J connectivity index is 2.84. The summed E-state index contributed by atoms with van der Waals surface area (Å²) in [6, 6.07) is -0.784. The van der Waals surface area contributed by atoms with Crippen LogP contribution >= 0.6 is 11.8 Å². The normalized spacial score (nSPS) is 12.0. The van der Waals surface area contributed by atoms with Crippen molar-refractivity contribution in [3.8, 4) is 0 Å². The second-order valence-electron chi connectivity index (χ2n) is 4.08. The minimum atomic E-state index is -0.978. The molecule has 0 aliphatic heterocycles. The quantitative estimate of drug-likeness (QED) is 0.783. The summed E-state index contributed by atoms with van der Waals surface area (Å²) in [7, 11) is 3.30. The maximum atomic E-state index is 13.4. The van der Waals surface area contributed by atoms with E-state index in [0.29, 0.717) is 12.2 Å². The molecule has 0 aliphatic rings. The first kappa shape index (κ1) is 15.5. The van der Waals surface area contributed by atoms with Crippen molar-refractivity contribution >= 4 is 29.5 Å². The molecule has 1 heterocycles. The third-order valence-corrected chi connectivity index (χ3v) is 3.01. The lowest BCUT2D eigenvalue weighted by atomic mass is 10.2. The van der Waals surface area contributed by atoms with Gasteiger partial charge in [0.1, 0.15) is 6.04 Å². The van der Waals surface area contributed by atoms with Crippen LogP contribution in [0.5, 0.6) is 0 Å². The molecule has 0 fully saturated rings. The lowest BCUT2D eigenvalue weighted by Gasteiger charge is -2.16. The maximum Gasteiger partial charge on any atom is 0.326 e. The molecule has 2 N–H and O–H groups in total. The molecule has 0 bridgehead atoms. The fourth-order valence-corrected chi connectivity index (χ4v) is 1.86. The topological polar surface area (TPSA) is 78.4 Å². The van der Waals surface area contributed by atoms with Crippen LogP contribution in [0.2, 0.25) is 0 Å². The van der Waals surface area contributed by atoms with Gasteiger partial charge in [-0.1, -0.05) is 0 Å². The number of aromatic nitrogens is 2. The molecule has 0 amide bonds. The Labute approximate surface area is 115 Å². The molecule has 0 saturated carbocycles. The summed E-state index contributed by atoms with van der Waals surface area (Å²) >= 11 is 1.56. The largest absolute Gasteiger partial charge is 0.480 e. The van der Waals surface area contributed by atoms with Gasteiger partial charge in [0.2, 0.25) is 5.95 Å². The molecule has 8 heteroatoms. The fourth-order valence-electron chi connectivity index (χ4n) is 1.39. The lowest BCUT2D eigenvalue weighted by Crippen LogP contribution is -2.31. The Bertz CT molecular complexity index is 445. The molecular weight excluding hydrogens is 271 g/mol. The zero-order valence-electron chi connectivity index (χ0n) is 11.1. The second-order valence-corrected chi connectivity index (χ2v) is 5.06. The van der Waals surface area contributed by atoms with E-state index < -0.39 is 17.8 Å². The van der Waals surface area contributed by atoms with Gasteiger partial charge in [-0.2, -0.15) is 16.7 Å². The van der Waals surface area contributed by atoms with Crippen LogP contribution in [0, 0.1) is 5.82 Å². The summed E-state index contributed by atoms with van der Waals surface area (Å²) in [5, 5.41) is 11.8. The van der Waals surface area contributed by atoms with Crippen molar-refractivity contribution in [1.29, 1.82) is 0 Å². The van der Waals surface area contributed by atoms with Gasteiger partial charge in [0.15, 0.2) is 11.6 Å². The van der Waals surface area contributed by atoms with Crippen molar-refractivity contribution in [2.24, 2.45) is 0 Å². The Morgan fingerprint density at radius 1 is 1.63 bits per heavy atom. The molecule has 6 nitrogen and oxygen atoms in total. The summed E-state index contributed by atoms with van der Waals surface area (Å²) < 4.78 is 13.4. The van der Waals surface area contributed by atoms with E-state index in [4.69, 9.17) is 5.11 Å². The van der Waals surface area contributed by atoms with Gasteiger partial charge in [0, 0.05) is 14.1 Å². The van der Waals surface area contributed by atoms with E-state index in [0.717, 1.165) is 6.20 Å². The summed E-state index contributed by atoms with van der Waals surface area (Å²) in [5.74, 6) is -0.601. The number of carbonyl (C=O) groups is 1. The molecule has 106 valence electrons. The number of carboxylic acids is 1. The van der Waals surface area contributed by atoms with Crippen LogP contribution in [0.25, 0.3) is 0 Å². The number of thioether (sulfide) groups is 1. The number of nitrogens with one attached hydrogen (secondary N) is 1. The average Bonchev–Trinajstić information content (AvgIpc) is 2.35. The molecule has 0 radical (unpaired) electrons. The highest BCUT2D eigenvalue weighted by molar-refractivity contribution is 7.98. The van der Waals surface area contributed by atoms with Crippen LogP contribution in [0.4, 0.5) is 16.2 Å². The van der Waals surface area contributed by atoms with Crippen molar-refractivity contribution in [2.45, 2.75) is 12.5 Å². The lowest BCUT2D eigenvalue weighted by molar-refractivity contribution is -0.137. The number of rotatable bonds is 7.